The summed E-state index contributed by atoms with van der Waals surface area (Å²) in [4.78, 5) is 2.38. The van der Waals surface area contributed by atoms with Gasteiger partial charge in [0.15, 0.2) is 5.11 Å². The van der Waals surface area contributed by atoms with Gasteiger partial charge in [0.25, 0.3) is 0 Å². The number of hydrogen-bond acceptors (Lipinski definition) is 4. The summed E-state index contributed by atoms with van der Waals surface area (Å²) in [6.07, 6.45) is 0. The van der Waals surface area contributed by atoms with Crippen molar-refractivity contribution in [3.05, 3.63) is 42.5 Å². The zero-order valence-corrected chi connectivity index (χ0v) is 14.8. The molecule has 1 fully saturated rings. The molecule has 25 heavy (non-hydrogen) atoms. The van der Waals surface area contributed by atoms with Crippen LogP contribution in [0.25, 0.3) is 21.9 Å². The number of benzene rings is 2. The monoisotopic (exact) mass is 355 g/mol. The first kappa shape index (κ1) is 16.3. The summed E-state index contributed by atoms with van der Waals surface area (Å²) < 4.78 is 11.2. The lowest BCUT2D eigenvalue weighted by Gasteiger charge is -2.26. The molecule has 0 aliphatic carbocycles. The highest BCUT2D eigenvalue weighted by atomic mass is 32.1. The minimum atomic E-state index is 0.639. The lowest BCUT2D eigenvalue weighted by Crippen LogP contribution is -2.42. The number of hydrogen-bond donors (Lipinski definition) is 2. The molecule has 0 spiro atoms. The van der Waals surface area contributed by atoms with E-state index < -0.39 is 0 Å². The van der Waals surface area contributed by atoms with E-state index in [1.807, 2.05) is 30.3 Å². The molecule has 5 nitrogen and oxygen atoms in total. The van der Waals surface area contributed by atoms with Crippen molar-refractivity contribution in [2.75, 3.05) is 44.7 Å². The molecule has 4 rings (SSSR count). The summed E-state index contributed by atoms with van der Waals surface area (Å²) in [6, 6.07) is 14.1. The second-order valence-corrected chi connectivity index (χ2v) is 6.55. The Labute approximate surface area is 151 Å². The summed E-state index contributed by atoms with van der Waals surface area (Å²) >= 11 is 5.41. The van der Waals surface area contributed by atoms with Crippen molar-refractivity contribution in [1.82, 2.24) is 10.2 Å². The number of anilines is 1. The van der Waals surface area contributed by atoms with Gasteiger partial charge in [-0.1, -0.05) is 18.2 Å². The van der Waals surface area contributed by atoms with Gasteiger partial charge in [0.1, 0.15) is 11.2 Å². The number of nitrogens with zero attached hydrogens (tertiary/aromatic N) is 1. The molecule has 6 heteroatoms. The number of fused-ring (bicyclic) bond motifs is 3. The summed E-state index contributed by atoms with van der Waals surface area (Å²) in [5.74, 6) is 0. The van der Waals surface area contributed by atoms with Crippen LogP contribution >= 0.6 is 12.2 Å². The summed E-state index contributed by atoms with van der Waals surface area (Å²) in [5, 5.41) is 9.39. The van der Waals surface area contributed by atoms with E-state index in [1.54, 1.807) is 0 Å². The third-order valence-electron chi connectivity index (χ3n) is 4.45. The highest BCUT2D eigenvalue weighted by molar-refractivity contribution is 7.80. The molecule has 0 saturated carbocycles. The predicted octanol–water partition coefficient (Wildman–Crippen LogP) is 3.20. The van der Waals surface area contributed by atoms with Gasteiger partial charge in [-0.25, -0.2) is 0 Å². The predicted molar refractivity (Wildman–Crippen MR) is 105 cm³/mol. The molecule has 0 unspecified atom stereocenters. The number of morpholine rings is 1. The van der Waals surface area contributed by atoms with E-state index in [9.17, 15) is 0 Å². The van der Waals surface area contributed by atoms with Crippen LogP contribution in [0.15, 0.2) is 46.9 Å². The second kappa shape index (κ2) is 7.39. The first-order valence-electron chi connectivity index (χ1n) is 8.56. The smallest absolute Gasteiger partial charge is 0.170 e. The number of thiocarbonyl (C=S) groups is 1. The number of rotatable bonds is 4. The highest BCUT2D eigenvalue weighted by Crippen LogP contribution is 2.30. The van der Waals surface area contributed by atoms with E-state index in [-0.39, 0.29) is 0 Å². The zero-order valence-electron chi connectivity index (χ0n) is 14.0. The maximum absolute atomic E-state index is 5.85. The fraction of sp³-hybridized carbons (Fsp3) is 0.316. The van der Waals surface area contributed by atoms with E-state index in [0.717, 1.165) is 67.0 Å². The molecule has 130 valence electrons. The van der Waals surface area contributed by atoms with Crippen LogP contribution in [-0.2, 0) is 4.74 Å². The van der Waals surface area contributed by atoms with Crippen molar-refractivity contribution in [2.24, 2.45) is 0 Å². The summed E-state index contributed by atoms with van der Waals surface area (Å²) in [7, 11) is 0. The number of nitrogens with one attached hydrogen (secondary N) is 2. The summed E-state index contributed by atoms with van der Waals surface area (Å²) in [6.45, 7) is 5.42. The lowest BCUT2D eigenvalue weighted by molar-refractivity contribution is 0.0389. The van der Waals surface area contributed by atoms with Gasteiger partial charge < -0.3 is 19.8 Å². The average Bonchev–Trinajstić information content (AvgIpc) is 3.01. The number of para-hydroxylation sites is 1. The maximum Gasteiger partial charge on any atom is 0.170 e. The molecule has 3 aromatic rings. The van der Waals surface area contributed by atoms with Crippen LogP contribution in [0.5, 0.6) is 0 Å². The van der Waals surface area contributed by atoms with Gasteiger partial charge in [-0.15, -0.1) is 0 Å². The van der Waals surface area contributed by atoms with Crippen molar-refractivity contribution in [2.45, 2.75) is 0 Å². The molecule has 2 heterocycles. The highest BCUT2D eigenvalue weighted by Gasteiger charge is 2.10. The molecule has 0 bridgehead atoms. The molecular formula is C19H21N3O2S. The normalized spacial score (nSPS) is 15.5. The van der Waals surface area contributed by atoms with Crippen molar-refractivity contribution in [1.29, 1.82) is 0 Å². The van der Waals surface area contributed by atoms with E-state index in [2.05, 4.69) is 27.7 Å². The third-order valence-corrected chi connectivity index (χ3v) is 4.70. The Bertz CT molecular complexity index is 887. The Morgan fingerprint density at radius 1 is 1.04 bits per heavy atom. The van der Waals surface area contributed by atoms with Crippen LogP contribution in [0.2, 0.25) is 0 Å². The maximum atomic E-state index is 5.85. The first-order chi connectivity index (χ1) is 12.3. The Morgan fingerprint density at radius 3 is 2.72 bits per heavy atom. The third kappa shape index (κ3) is 3.76. The van der Waals surface area contributed by atoms with Crippen molar-refractivity contribution in [3.8, 4) is 0 Å². The zero-order chi connectivity index (χ0) is 17.1. The van der Waals surface area contributed by atoms with E-state index in [4.69, 9.17) is 21.4 Å². The van der Waals surface area contributed by atoms with Crippen LogP contribution in [0.4, 0.5) is 5.69 Å². The van der Waals surface area contributed by atoms with Crippen LogP contribution in [-0.4, -0.2) is 49.4 Å². The molecule has 0 amide bonds. The molecule has 2 aromatic carbocycles. The number of ether oxygens (including phenoxy) is 1. The van der Waals surface area contributed by atoms with Crippen LogP contribution in [0.3, 0.4) is 0 Å². The van der Waals surface area contributed by atoms with Gasteiger partial charge in [0.2, 0.25) is 0 Å². The Morgan fingerprint density at radius 2 is 1.84 bits per heavy atom. The Hall–Kier alpha value is -2.15. The fourth-order valence-corrected chi connectivity index (χ4v) is 3.35. The minimum Gasteiger partial charge on any atom is -0.456 e. The Kier molecular flexibility index (Phi) is 4.83. The SMILES string of the molecule is S=C(NCCN1CCOCC1)Nc1ccc2oc3ccccc3c2c1. The van der Waals surface area contributed by atoms with Crippen molar-refractivity contribution >= 4 is 45.0 Å². The van der Waals surface area contributed by atoms with Crippen LogP contribution in [0, 0.1) is 0 Å². The first-order valence-corrected chi connectivity index (χ1v) is 8.97. The van der Waals surface area contributed by atoms with E-state index >= 15 is 0 Å². The Balaban J connectivity index is 1.38. The molecule has 1 aliphatic rings. The molecule has 1 aromatic heterocycles. The molecule has 1 saturated heterocycles. The van der Waals surface area contributed by atoms with Gasteiger partial charge in [0, 0.05) is 42.6 Å². The molecular weight excluding hydrogens is 334 g/mol. The van der Waals surface area contributed by atoms with Gasteiger partial charge in [0.05, 0.1) is 13.2 Å². The average molecular weight is 355 g/mol. The van der Waals surface area contributed by atoms with Gasteiger partial charge in [-0.3, -0.25) is 4.90 Å². The quantitative estimate of drug-likeness (QED) is 0.701. The topological polar surface area (TPSA) is 49.7 Å². The molecule has 2 N–H and O–H groups in total. The molecule has 0 atom stereocenters. The van der Waals surface area contributed by atoms with Crippen LogP contribution in [0.1, 0.15) is 0 Å². The minimum absolute atomic E-state index is 0.639. The van der Waals surface area contributed by atoms with E-state index in [1.165, 1.54) is 0 Å². The lowest BCUT2D eigenvalue weighted by atomic mass is 10.1. The largest absolute Gasteiger partial charge is 0.456 e. The van der Waals surface area contributed by atoms with Crippen molar-refractivity contribution in [3.63, 3.8) is 0 Å². The summed E-state index contributed by atoms with van der Waals surface area (Å²) in [5.41, 5.74) is 2.75. The standard InChI is InChI=1S/C19H21N3O2S/c25-19(20-7-8-22-9-11-23-12-10-22)21-14-5-6-18-16(13-14)15-3-1-2-4-17(15)24-18/h1-6,13H,7-12H2,(H2,20,21,25). The number of furan rings is 1. The van der Waals surface area contributed by atoms with E-state index in [0.29, 0.717) is 5.11 Å². The molecule has 0 radical (unpaired) electrons. The van der Waals surface area contributed by atoms with Gasteiger partial charge >= 0.3 is 0 Å². The fourth-order valence-electron chi connectivity index (χ4n) is 3.13. The van der Waals surface area contributed by atoms with Gasteiger partial charge in [-0.05, 0) is 36.5 Å². The van der Waals surface area contributed by atoms with Crippen molar-refractivity contribution < 1.29 is 9.15 Å². The second-order valence-electron chi connectivity index (χ2n) is 6.14. The molecule has 1 aliphatic heterocycles. The van der Waals surface area contributed by atoms with Crippen LogP contribution < -0.4 is 10.6 Å². The van der Waals surface area contributed by atoms with Gasteiger partial charge in [-0.2, -0.15) is 0 Å².